The summed E-state index contributed by atoms with van der Waals surface area (Å²) in [5.41, 5.74) is 3.13. The van der Waals surface area contributed by atoms with Gasteiger partial charge in [-0.2, -0.15) is 0 Å². The summed E-state index contributed by atoms with van der Waals surface area (Å²) in [6, 6.07) is 21.1. The summed E-state index contributed by atoms with van der Waals surface area (Å²) in [5.74, 6) is -0.0484. The topological polar surface area (TPSA) is 83.5 Å². The number of rotatable bonds is 8. The van der Waals surface area contributed by atoms with E-state index in [0.29, 0.717) is 10.7 Å². The predicted molar refractivity (Wildman–Crippen MR) is 143 cm³/mol. The van der Waals surface area contributed by atoms with Crippen LogP contribution in [0.3, 0.4) is 0 Å². The first-order valence-corrected chi connectivity index (χ1v) is 13.9. The molecule has 6 nitrogen and oxygen atoms in total. The van der Waals surface area contributed by atoms with Crippen molar-refractivity contribution in [1.29, 1.82) is 0 Å². The molecule has 3 aromatic rings. The molecule has 1 aliphatic heterocycles. The first-order chi connectivity index (χ1) is 17.1. The lowest BCUT2D eigenvalue weighted by Gasteiger charge is -2.49. The van der Waals surface area contributed by atoms with Crippen molar-refractivity contribution >= 4 is 44.6 Å². The van der Waals surface area contributed by atoms with Crippen molar-refractivity contribution in [2.24, 2.45) is 11.8 Å². The standard InChI is InChI=1S/C28H29ClN2O4S/c1-4-36(34,35)24-14-8-19(9-15-24)16-25(32)30-22-12-10-20(11-13-22)27-26(18(2)3)28(33)31(27)23-7-5-6-21(29)17-23/h5-15,17-18,26-27H,4,16H2,1-3H3,(H,30,32). The Kier molecular flexibility index (Phi) is 7.52. The smallest absolute Gasteiger partial charge is 0.233 e. The van der Waals surface area contributed by atoms with E-state index in [4.69, 9.17) is 11.6 Å². The Morgan fingerprint density at radius 3 is 2.28 bits per heavy atom. The number of hydrogen-bond acceptors (Lipinski definition) is 4. The van der Waals surface area contributed by atoms with E-state index in [1.807, 2.05) is 50.2 Å². The van der Waals surface area contributed by atoms with Crippen LogP contribution in [0.1, 0.15) is 37.9 Å². The van der Waals surface area contributed by atoms with Gasteiger partial charge in [0.05, 0.1) is 29.0 Å². The zero-order chi connectivity index (χ0) is 26.0. The molecule has 2 unspecified atom stereocenters. The average molecular weight is 525 g/mol. The molecule has 188 valence electrons. The molecule has 2 amide bonds. The Morgan fingerprint density at radius 1 is 1.03 bits per heavy atom. The molecule has 36 heavy (non-hydrogen) atoms. The van der Waals surface area contributed by atoms with Crippen LogP contribution in [0.4, 0.5) is 11.4 Å². The highest BCUT2D eigenvalue weighted by molar-refractivity contribution is 7.91. The monoisotopic (exact) mass is 524 g/mol. The number of carbonyl (C=O) groups is 2. The molecule has 1 saturated heterocycles. The molecule has 8 heteroatoms. The van der Waals surface area contributed by atoms with Gasteiger partial charge in [-0.1, -0.05) is 62.7 Å². The third-order valence-corrected chi connectivity index (χ3v) is 8.49. The number of sulfone groups is 1. The number of benzene rings is 3. The largest absolute Gasteiger partial charge is 0.326 e. The van der Waals surface area contributed by atoms with E-state index >= 15 is 0 Å². The molecule has 0 bridgehead atoms. The third-order valence-electron chi connectivity index (χ3n) is 6.51. The second-order valence-corrected chi connectivity index (χ2v) is 12.0. The van der Waals surface area contributed by atoms with Crippen LogP contribution in [0, 0.1) is 11.8 Å². The van der Waals surface area contributed by atoms with Crippen molar-refractivity contribution in [1.82, 2.24) is 0 Å². The van der Waals surface area contributed by atoms with Gasteiger partial charge >= 0.3 is 0 Å². The summed E-state index contributed by atoms with van der Waals surface area (Å²) < 4.78 is 23.9. The van der Waals surface area contributed by atoms with Crippen molar-refractivity contribution in [3.05, 3.63) is 88.9 Å². The van der Waals surface area contributed by atoms with Crippen LogP contribution < -0.4 is 10.2 Å². The summed E-state index contributed by atoms with van der Waals surface area (Å²) in [7, 11) is -3.27. The molecular weight excluding hydrogens is 496 g/mol. The number of hydrogen-bond donors (Lipinski definition) is 1. The first-order valence-electron chi connectivity index (χ1n) is 11.9. The lowest BCUT2D eigenvalue weighted by atomic mass is 9.75. The second kappa shape index (κ2) is 10.4. The number of halogens is 1. The Hall–Kier alpha value is -3.16. The molecule has 0 aliphatic carbocycles. The van der Waals surface area contributed by atoms with Gasteiger partial charge < -0.3 is 10.2 Å². The van der Waals surface area contributed by atoms with E-state index in [9.17, 15) is 18.0 Å². The maximum absolute atomic E-state index is 13.0. The maximum atomic E-state index is 13.0. The van der Waals surface area contributed by atoms with Gasteiger partial charge in [0.1, 0.15) is 0 Å². The predicted octanol–water partition coefficient (Wildman–Crippen LogP) is 5.67. The van der Waals surface area contributed by atoms with Gasteiger partial charge in [0.15, 0.2) is 9.84 Å². The van der Waals surface area contributed by atoms with E-state index in [1.54, 1.807) is 36.1 Å². The van der Waals surface area contributed by atoms with E-state index in [1.165, 1.54) is 12.1 Å². The Labute approximate surface area is 217 Å². The molecule has 1 fully saturated rings. The molecule has 4 rings (SSSR count). The molecule has 0 saturated carbocycles. The van der Waals surface area contributed by atoms with E-state index in [-0.39, 0.29) is 46.8 Å². The van der Waals surface area contributed by atoms with Gasteiger partial charge in [0.2, 0.25) is 11.8 Å². The number of nitrogens with zero attached hydrogens (tertiary/aromatic N) is 1. The van der Waals surface area contributed by atoms with Gasteiger partial charge in [-0.05, 0) is 59.5 Å². The van der Waals surface area contributed by atoms with Crippen molar-refractivity contribution in [2.75, 3.05) is 16.0 Å². The maximum Gasteiger partial charge on any atom is 0.233 e. The highest BCUT2D eigenvalue weighted by Crippen LogP contribution is 2.47. The first kappa shape index (κ1) is 25.9. The molecule has 0 spiro atoms. The minimum atomic E-state index is -3.27. The lowest BCUT2D eigenvalue weighted by Crippen LogP contribution is -2.57. The van der Waals surface area contributed by atoms with Gasteiger partial charge in [-0.25, -0.2) is 8.42 Å². The summed E-state index contributed by atoms with van der Waals surface area (Å²) in [5, 5.41) is 3.46. The minimum absolute atomic E-state index is 0.0343. The van der Waals surface area contributed by atoms with Crippen LogP contribution in [-0.4, -0.2) is 26.0 Å². The fourth-order valence-electron chi connectivity index (χ4n) is 4.57. The minimum Gasteiger partial charge on any atom is -0.326 e. The number of nitrogens with one attached hydrogen (secondary N) is 1. The second-order valence-electron chi connectivity index (χ2n) is 9.30. The molecular formula is C28H29ClN2O4S. The van der Waals surface area contributed by atoms with E-state index in [0.717, 1.165) is 16.8 Å². The number of carbonyl (C=O) groups excluding carboxylic acids is 2. The number of anilines is 2. The highest BCUT2D eigenvalue weighted by Gasteiger charge is 2.50. The Morgan fingerprint density at radius 2 is 1.69 bits per heavy atom. The summed E-state index contributed by atoms with van der Waals surface area (Å²) in [6.07, 6.45) is 0.128. The fourth-order valence-corrected chi connectivity index (χ4v) is 5.64. The zero-order valence-electron chi connectivity index (χ0n) is 20.4. The van der Waals surface area contributed by atoms with Crippen LogP contribution in [-0.2, 0) is 25.8 Å². The lowest BCUT2D eigenvalue weighted by molar-refractivity contribution is -0.132. The van der Waals surface area contributed by atoms with Crippen molar-refractivity contribution < 1.29 is 18.0 Å². The average Bonchev–Trinajstić information content (AvgIpc) is 2.83. The van der Waals surface area contributed by atoms with Crippen molar-refractivity contribution in [3.8, 4) is 0 Å². The third kappa shape index (κ3) is 5.32. The van der Waals surface area contributed by atoms with Crippen molar-refractivity contribution in [3.63, 3.8) is 0 Å². The van der Waals surface area contributed by atoms with E-state index in [2.05, 4.69) is 5.32 Å². The zero-order valence-corrected chi connectivity index (χ0v) is 22.0. The fraction of sp³-hybridized carbons (Fsp3) is 0.286. The van der Waals surface area contributed by atoms with Gasteiger partial charge in [-0.3, -0.25) is 9.59 Å². The van der Waals surface area contributed by atoms with Gasteiger partial charge in [0.25, 0.3) is 0 Å². The van der Waals surface area contributed by atoms with Crippen molar-refractivity contribution in [2.45, 2.75) is 38.1 Å². The molecule has 1 N–H and O–H groups in total. The Balaban J connectivity index is 1.46. The van der Waals surface area contributed by atoms with E-state index < -0.39 is 9.84 Å². The molecule has 2 atom stereocenters. The summed E-state index contributed by atoms with van der Waals surface area (Å²) in [6.45, 7) is 5.69. The van der Waals surface area contributed by atoms with Crippen LogP contribution in [0.15, 0.2) is 77.7 Å². The molecule has 0 radical (unpaired) electrons. The summed E-state index contributed by atoms with van der Waals surface area (Å²) >= 11 is 6.17. The van der Waals surface area contributed by atoms with Gasteiger partial charge in [-0.15, -0.1) is 0 Å². The Bertz CT molecular complexity index is 1370. The van der Waals surface area contributed by atoms with Gasteiger partial charge in [0, 0.05) is 16.4 Å². The molecule has 1 aliphatic rings. The number of amides is 2. The summed E-state index contributed by atoms with van der Waals surface area (Å²) in [4.78, 5) is 27.6. The molecule has 3 aromatic carbocycles. The van der Waals surface area contributed by atoms with Crippen LogP contribution in [0.25, 0.3) is 0 Å². The van der Waals surface area contributed by atoms with Crippen LogP contribution in [0.5, 0.6) is 0 Å². The highest BCUT2D eigenvalue weighted by atomic mass is 35.5. The quantitative estimate of drug-likeness (QED) is 0.384. The van der Waals surface area contributed by atoms with Crippen LogP contribution in [0.2, 0.25) is 5.02 Å². The normalized spacial score (nSPS) is 17.7. The SMILES string of the molecule is CCS(=O)(=O)c1ccc(CC(=O)Nc2ccc(C3C(C(C)C)C(=O)N3c3cccc(Cl)c3)cc2)cc1. The molecule has 1 heterocycles. The molecule has 0 aromatic heterocycles. The van der Waals surface area contributed by atoms with Crippen LogP contribution >= 0.6 is 11.6 Å². The number of β-lactam (4-membered cyclic amide) rings is 1.